The van der Waals surface area contributed by atoms with E-state index < -0.39 is 0 Å². The minimum Gasteiger partial charge on any atom is -0.490 e. The molecule has 94 valence electrons. The van der Waals surface area contributed by atoms with Crippen LogP contribution in [0.4, 0.5) is 0 Å². The van der Waals surface area contributed by atoms with Crippen LogP contribution < -0.4 is 10.1 Å². The minimum absolute atomic E-state index is 0.335. The number of fused-ring (bicyclic) bond motifs is 1. The zero-order chi connectivity index (χ0) is 12.3. The third-order valence-corrected chi connectivity index (χ3v) is 3.16. The van der Waals surface area contributed by atoms with Crippen molar-refractivity contribution in [1.29, 1.82) is 0 Å². The van der Waals surface area contributed by atoms with Crippen LogP contribution in [0.25, 0.3) is 0 Å². The standard InChI is InChI=1S/C14H22N2O/c1-11-8-13-9-12(4-5-14(13)17-11)10-16(3)7-6-15-2/h4-5,9,11,15H,6-8,10H2,1-3H3. The summed E-state index contributed by atoms with van der Waals surface area (Å²) in [4.78, 5) is 2.33. The van der Waals surface area contributed by atoms with Gasteiger partial charge in [-0.15, -0.1) is 0 Å². The Kier molecular flexibility index (Phi) is 4.02. The van der Waals surface area contributed by atoms with Gasteiger partial charge >= 0.3 is 0 Å². The van der Waals surface area contributed by atoms with Crippen LogP contribution in [0.5, 0.6) is 5.75 Å². The highest BCUT2D eigenvalue weighted by Gasteiger charge is 2.18. The molecule has 0 saturated heterocycles. The van der Waals surface area contributed by atoms with Crippen LogP contribution in [0.1, 0.15) is 18.1 Å². The van der Waals surface area contributed by atoms with Crippen molar-refractivity contribution in [2.75, 3.05) is 27.2 Å². The first kappa shape index (κ1) is 12.4. The summed E-state index contributed by atoms with van der Waals surface area (Å²) in [6.45, 7) is 5.23. The second kappa shape index (κ2) is 5.52. The van der Waals surface area contributed by atoms with E-state index in [2.05, 4.69) is 42.4 Å². The van der Waals surface area contributed by atoms with E-state index in [1.165, 1.54) is 11.1 Å². The summed E-state index contributed by atoms with van der Waals surface area (Å²) in [5, 5.41) is 3.17. The van der Waals surface area contributed by atoms with Gasteiger partial charge in [-0.3, -0.25) is 0 Å². The number of hydrogen-bond donors (Lipinski definition) is 1. The first-order valence-corrected chi connectivity index (χ1v) is 6.30. The lowest BCUT2D eigenvalue weighted by molar-refractivity contribution is 0.254. The lowest BCUT2D eigenvalue weighted by Crippen LogP contribution is -2.26. The Morgan fingerprint density at radius 1 is 1.47 bits per heavy atom. The zero-order valence-corrected chi connectivity index (χ0v) is 11.0. The van der Waals surface area contributed by atoms with Gasteiger partial charge in [0.15, 0.2) is 0 Å². The average molecular weight is 234 g/mol. The fourth-order valence-corrected chi connectivity index (χ4v) is 2.27. The Morgan fingerprint density at radius 3 is 3.06 bits per heavy atom. The van der Waals surface area contributed by atoms with E-state index in [-0.39, 0.29) is 0 Å². The molecule has 1 aliphatic rings. The minimum atomic E-state index is 0.335. The van der Waals surface area contributed by atoms with E-state index in [0.717, 1.165) is 31.8 Å². The van der Waals surface area contributed by atoms with Gasteiger partial charge in [0.05, 0.1) is 0 Å². The van der Waals surface area contributed by atoms with Crippen molar-refractivity contribution in [3.05, 3.63) is 29.3 Å². The summed E-state index contributed by atoms with van der Waals surface area (Å²) in [6.07, 6.45) is 1.38. The average Bonchev–Trinajstić information content (AvgIpc) is 2.65. The fourth-order valence-electron chi connectivity index (χ4n) is 2.27. The Balaban J connectivity index is 1.96. The molecule has 0 bridgehead atoms. The number of ether oxygens (including phenoxy) is 1. The highest BCUT2D eigenvalue weighted by molar-refractivity contribution is 5.40. The highest BCUT2D eigenvalue weighted by atomic mass is 16.5. The maximum Gasteiger partial charge on any atom is 0.123 e. The van der Waals surface area contributed by atoms with E-state index in [1.807, 2.05) is 7.05 Å². The molecular formula is C14H22N2O. The van der Waals surface area contributed by atoms with E-state index in [1.54, 1.807) is 0 Å². The largest absolute Gasteiger partial charge is 0.490 e. The summed E-state index contributed by atoms with van der Waals surface area (Å²) < 4.78 is 5.71. The van der Waals surface area contributed by atoms with Crippen LogP contribution in [0.2, 0.25) is 0 Å². The van der Waals surface area contributed by atoms with Gasteiger partial charge in [-0.1, -0.05) is 12.1 Å². The van der Waals surface area contributed by atoms with Gasteiger partial charge in [0.2, 0.25) is 0 Å². The van der Waals surface area contributed by atoms with E-state index in [0.29, 0.717) is 6.10 Å². The maximum atomic E-state index is 5.71. The zero-order valence-electron chi connectivity index (χ0n) is 11.0. The molecule has 0 amide bonds. The van der Waals surface area contributed by atoms with E-state index in [4.69, 9.17) is 4.74 Å². The van der Waals surface area contributed by atoms with Crippen LogP contribution in [-0.4, -0.2) is 38.2 Å². The molecule has 1 N–H and O–H groups in total. The van der Waals surface area contributed by atoms with Gasteiger partial charge in [0.1, 0.15) is 11.9 Å². The van der Waals surface area contributed by atoms with Gasteiger partial charge in [-0.2, -0.15) is 0 Å². The molecule has 1 unspecified atom stereocenters. The van der Waals surface area contributed by atoms with E-state index in [9.17, 15) is 0 Å². The van der Waals surface area contributed by atoms with Crippen molar-refractivity contribution < 1.29 is 4.74 Å². The smallest absolute Gasteiger partial charge is 0.123 e. The van der Waals surface area contributed by atoms with Gasteiger partial charge in [-0.25, -0.2) is 0 Å². The van der Waals surface area contributed by atoms with Crippen molar-refractivity contribution in [2.24, 2.45) is 0 Å². The topological polar surface area (TPSA) is 24.5 Å². The molecule has 1 heterocycles. The quantitative estimate of drug-likeness (QED) is 0.838. The monoisotopic (exact) mass is 234 g/mol. The molecule has 1 atom stereocenters. The predicted molar refractivity (Wildman–Crippen MR) is 70.5 cm³/mol. The van der Waals surface area contributed by atoms with Crippen LogP contribution >= 0.6 is 0 Å². The first-order chi connectivity index (χ1) is 8.19. The Labute approximate surface area is 104 Å². The Morgan fingerprint density at radius 2 is 2.29 bits per heavy atom. The Bertz CT molecular complexity index is 378. The summed E-state index contributed by atoms with van der Waals surface area (Å²) in [5.41, 5.74) is 2.73. The van der Waals surface area contributed by atoms with E-state index >= 15 is 0 Å². The van der Waals surface area contributed by atoms with Crippen LogP contribution in [0.3, 0.4) is 0 Å². The third kappa shape index (κ3) is 3.20. The molecule has 2 rings (SSSR count). The number of hydrogen-bond acceptors (Lipinski definition) is 3. The molecule has 17 heavy (non-hydrogen) atoms. The third-order valence-electron chi connectivity index (χ3n) is 3.16. The molecule has 0 saturated carbocycles. The predicted octanol–water partition coefficient (Wildman–Crippen LogP) is 1.66. The second-order valence-electron chi connectivity index (χ2n) is 4.92. The number of nitrogens with zero attached hydrogens (tertiary/aromatic N) is 1. The van der Waals surface area contributed by atoms with Gasteiger partial charge in [0.25, 0.3) is 0 Å². The molecule has 1 aromatic rings. The SMILES string of the molecule is CNCCN(C)Cc1ccc2c(c1)CC(C)O2. The van der Waals surface area contributed by atoms with Crippen LogP contribution in [0, 0.1) is 0 Å². The molecule has 3 heteroatoms. The van der Waals surface area contributed by atoms with Crippen molar-refractivity contribution in [3.8, 4) is 5.75 Å². The molecule has 0 aliphatic carbocycles. The molecule has 3 nitrogen and oxygen atoms in total. The fraction of sp³-hybridized carbons (Fsp3) is 0.571. The van der Waals surface area contributed by atoms with Crippen LogP contribution in [0.15, 0.2) is 18.2 Å². The lowest BCUT2D eigenvalue weighted by atomic mass is 10.1. The first-order valence-electron chi connectivity index (χ1n) is 6.30. The van der Waals surface area contributed by atoms with Gasteiger partial charge < -0.3 is 15.0 Å². The summed E-state index contributed by atoms with van der Waals surface area (Å²) in [5.74, 6) is 1.07. The number of rotatable bonds is 5. The number of nitrogens with one attached hydrogen (secondary N) is 1. The summed E-state index contributed by atoms with van der Waals surface area (Å²) in [6, 6.07) is 6.57. The number of benzene rings is 1. The van der Waals surface area contributed by atoms with Crippen molar-refractivity contribution in [3.63, 3.8) is 0 Å². The maximum absolute atomic E-state index is 5.71. The lowest BCUT2D eigenvalue weighted by Gasteiger charge is -2.16. The molecular weight excluding hydrogens is 212 g/mol. The second-order valence-corrected chi connectivity index (χ2v) is 4.92. The van der Waals surface area contributed by atoms with Crippen molar-refractivity contribution >= 4 is 0 Å². The van der Waals surface area contributed by atoms with Crippen molar-refractivity contribution in [2.45, 2.75) is 26.0 Å². The molecule has 1 aliphatic heterocycles. The highest BCUT2D eigenvalue weighted by Crippen LogP contribution is 2.29. The van der Waals surface area contributed by atoms with Gasteiger partial charge in [0, 0.05) is 26.1 Å². The normalized spacial score (nSPS) is 18.2. The molecule has 0 radical (unpaired) electrons. The Hall–Kier alpha value is -1.06. The van der Waals surface area contributed by atoms with Crippen molar-refractivity contribution in [1.82, 2.24) is 10.2 Å². The molecule has 0 spiro atoms. The van der Waals surface area contributed by atoms with Crippen LogP contribution in [-0.2, 0) is 13.0 Å². The number of likely N-dealkylation sites (N-methyl/N-ethyl adjacent to an activating group) is 2. The molecule has 0 aromatic heterocycles. The summed E-state index contributed by atoms with van der Waals surface area (Å²) >= 11 is 0. The van der Waals surface area contributed by atoms with Gasteiger partial charge in [-0.05, 0) is 38.2 Å². The summed E-state index contributed by atoms with van der Waals surface area (Å²) in [7, 11) is 4.14. The molecule has 1 aromatic carbocycles. The molecule has 0 fully saturated rings.